The van der Waals surface area contributed by atoms with E-state index in [1.807, 2.05) is 0 Å². The van der Waals surface area contributed by atoms with Gasteiger partial charge in [-0.3, -0.25) is 9.59 Å². The molecule has 0 atom stereocenters. The van der Waals surface area contributed by atoms with Crippen LogP contribution in [0.25, 0.3) is 0 Å². The van der Waals surface area contributed by atoms with Crippen molar-refractivity contribution >= 4 is 22.9 Å². The molecule has 0 saturated heterocycles. The van der Waals surface area contributed by atoms with Crippen LogP contribution in [0.1, 0.15) is 27.1 Å². The second kappa shape index (κ2) is 2.20. The van der Waals surface area contributed by atoms with Crippen LogP contribution in [0.4, 0.5) is 8.78 Å². The average Bonchev–Trinajstić information content (AvgIpc) is 2.38. The smallest absolute Gasteiger partial charge is 0.190 e. The first kappa shape index (κ1) is 7.54. The molecule has 0 bridgehead atoms. The summed E-state index contributed by atoms with van der Waals surface area (Å²) in [7, 11) is 0. The molecule has 0 saturated carbocycles. The van der Waals surface area contributed by atoms with Crippen molar-refractivity contribution < 1.29 is 18.4 Å². The van der Waals surface area contributed by atoms with Crippen molar-refractivity contribution in [2.75, 3.05) is 0 Å². The number of ketones is 2. The minimum Gasteiger partial charge on any atom is -0.294 e. The van der Waals surface area contributed by atoms with Gasteiger partial charge in [0.05, 0.1) is 17.5 Å². The van der Waals surface area contributed by atoms with E-state index in [1.54, 1.807) is 0 Å². The summed E-state index contributed by atoms with van der Waals surface area (Å²) < 4.78 is 25.5. The quantitative estimate of drug-likeness (QED) is 0.581. The summed E-state index contributed by atoms with van der Waals surface area (Å²) in [6.45, 7) is 0. The average molecular weight is 188 g/mol. The molecule has 0 N–H and O–H groups in total. The molecule has 0 aliphatic heterocycles. The minimum absolute atomic E-state index is 0.204. The number of Topliss-reactive ketones (excluding diaryl/α,β-unsaturated/α-hetero) is 2. The third-order valence-corrected chi connectivity index (χ3v) is 2.47. The molecule has 1 aliphatic carbocycles. The second-order valence-corrected chi connectivity index (χ2v) is 3.34. The standard InChI is InChI=1S/C7H2F2O2S/c8-6-4-2(10)1-3(11)5(4)7(9)12-6/h1H2. The van der Waals surface area contributed by atoms with Gasteiger partial charge < -0.3 is 0 Å². The highest BCUT2D eigenvalue weighted by Crippen LogP contribution is 2.32. The van der Waals surface area contributed by atoms with Crippen molar-refractivity contribution in [1.82, 2.24) is 0 Å². The fourth-order valence-electron chi connectivity index (χ4n) is 1.20. The van der Waals surface area contributed by atoms with Gasteiger partial charge in [-0.15, -0.1) is 0 Å². The number of thiophene rings is 1. The number of rotatable bonds is 0. The summed E-state index contributed by atoms with van der Waals surface area (Å²) in [6, 6.07) is 0. The Hall–Kier alpha value is -1.10. The first-order valence-electron chi connectivity index (χ1n) is 3.15. The van der Waals surface area contributed by atoms with Crippen molar-refractivity contribution in [3.8, 4) is 0 Å². The Morgan fingerprint density at radius 3 is 1.83 bits per heavy atom. The zero-order valence-electron chi connectivity index (χ0n) is 5.69. The number of fused-ring (bicyclic) bond motifs is 1. The SMILES string of the molecule is O=C1CC(=O)c2c(F)sc(F)c21. The Labute approximate surface area is 69.8 Å². The third-order valence-electron chi connectivity index (χ3n) is 1.70. The topological polar surface area (TPSA) is 34.1 Å². The van der Waals surface area contributed by atoms with E-state index in [0.29, 0.717) is 0 Å². The van der Waals surface area contributed by atoms with Gasteiger partial charge >= 0.3 is 0 Å². The lowest BCUT2D eigenvalue weighted by molar-refractivity contribution is 0.0921. The molecule has 1 aliphatic rings. The third kappa shape index (κ3) is 0.768. The van der Waals surface area contributed by atoms with E-state index in [4.69, 9.17) is 0 Å². The molecule has 0 unspecified atom stereocenters. The van der Waals surface area contributed by atoms with E-state index in [-0.39, 0.29) is 22.5 Å². The monoisotopic (exact) mass is 188 g/mol. The van der Waals surface area contributed by atoms with Gasteiger partial charge in [-0.05, 0) is 0 Å². The van der Waals surface area contributed by atoms with Crippen LogP contribution in [0.15, 0.2) is 0 Å². The van der Waals surface area contributed by atoms with Crippen LogP contribution in [0, 0.1) is 10.3 Å². The molecule has 1 aromatic heterocycles. The zero-order chi connectivity index (χ0) is 8.88. The molecule has 0 radical (unpaired) electrons. The Morgan fingerprint density at radius 2 is 1.42 bits per heavy atom. The molecule has 0 fully saturated rings. The fraction of sp³-hybridized carbons (Fsp3) is 0.143. The highest BCUT2D eigenvalue weighted by atomic mass is 32.1. The van der Waals surface area contributed by atoms with Crippen molar-refractivity contribution in [1.29, 1.82) is 0 Å². The number of hydrogen-bond acceptors (Lipinski definition) is 3. The van der Waals surface area contributed by atoms with E-state index in [0.717, 1.165) is 0 Å². The summed E-state index contributed by atoms with van der Waals surface area (Å²) in [6.07, 6.45) is -0.397. The minimum atomic E-state index is -0.890. The van der Waals surface area contributed by atoms with Crippen LogP contribution < -0.4 is 0 Å². The Morgan fingerprint density at radius 1 is 1.00 bits per heavy atom. The van der Waals surface area contributed by atoms with Gasteiger partial charge in [0.15, 0.2) is 21.8 Å². The maximum absolute atomic E-state index is 12.7. The lowest BCUT2D eigenvalue weighted by Gasteiger charge is -1.82. The van der Waals surface area contributed by atoms with E-state index < -0.39 is 28.2 Å². The van der Waals surface area contributed by atoms with Crippen LogP contribution in [-0.2, 0) is 0 Å². The zero-order valence-corrected chi connectivity index (χ0v) is 6.50. The highest BCUT2D eigenvalue weighted by Gasteiger charge is 2.36. The van der Waals surface area contributed by atoms with E-state index in [1.165, 1.54) is 0 Å². The normalized spacial score (nSPS) is 15.5. The van der Waals surface area contributed by atoms with E-state index in [9.17, 15) is 18.4 Å². The predicted octanol–water partition coefficient (Wildman–Crippen LogP) is 1.80. The summed E-state index contributed by atoms with van der Waals surface area (Å²) >= 11 is 0.204. The van der Waals surface area contributed by atoms with Gasteiger partial charge in [0.1, 0.15) is 0 Å². The van der Waals surface area contributed by atoms with Crippen LogP contribution in [0.2, 0.25) is 0 Å². The number of carbonyl (C=O) groups is 2. The molecular formula is C7H2F2O2S. The van der Waals surface area contributed by atoms with Gasteiger partial charge in [-0.2, -0.15) is 8.78 Å². The van der Waals surface area contributed by atoms with Gasteiger partial charge in [0.25, 0.3) is 0 Å². The van der Waals surface area contributed by atoms with Crippen LogP contribution in [0.5, 0.6) is 0 Å². The number of carbonyl (C=O) groups excluding carboxylic acids is 2. The molecule has 2 rings (SSSR count). The molecule has 1 heterocycles. The van der Waals surface area contributed by atoms with Gasteiger partial charge in [-0.1, -0.05) is 11.3 Å². The maximum atomic E-state index is 12.7. The molecule has 0 amide bonds. The Balaban J connectivity index is 2.78. The van der Waals surface area contributed by atoms with Crippen molar-refractivity contribution in [3.63, 3.8) is 0 Å². The number of halogens is 2. The highest BCUT2D eigenvalue weighted by molar-refractivity contribution is 7.09. The Kier molecular flexibility index (Phi) is 1.38. The van der Waals surface area contributed by atoms with Crippen LogP contribution >= 0.6 is 11.3 Å². The van der Waals surface area contributed by atoms with Crippen molar-refractivity contribution in [2.24, 2.45) is 0 Å². The first-order chi connectivity index (χ1) is 5.61. The summed E-state index contributed by atoms with van der Waals surface area (Å²) in [4.78, 5) is 21.8. The second-order valence-electron chi connectivity index (χ2n) is 2.42. The predicted molar refractivity (Wildman–Crippen MR) is 37.5 cm³/mol. The molecule has 12 heavy (non-hydrogen) atoms. The number of hydrogen-bond donors (Lipinski definition) is 0. The lowest BCUT2D eigenvalue weighted by atomic mass is 10.2. The first-order valence-corrected chi connectivity index (χ1v) is 3.97. The maximum Gasteiger partial charge on any atom is 0.190 e. The Bertz CT molecular complexity index is 360. The van der Waals surface area contributed by atoms with Crippen molar-refractivity contribution in [2.45, 2.75) is 6.42 Å². The van der Waals surface area contributed by atoms with E-state index in [2.05, 4.69) is 0 Å². The van der Waals surface area contributed by atoms with Gasteiger partial charge in [-0.25, -0.2) is 0 Å². The summed E-state index contributed by atoms with van der Waals surface area (Å²) in [5.41, 5.74) is -0.718. The van der Waals surface area contributed by atoms with Crippen LogP contribution in [-0.4, -0.2) is 11.6 Å². The molecule has 0 aromatic carbocycles. The lowest BCUT2D eigenvalue weighted by Crippen LogP contribution is -1.93. The van der Waals surface area contributed by atoms with Crippen molar-refractivity contribution in [3.05, 3.63) is 21.4 Å². The molecule has 5 heteroatoms. The van der Waals surface area contributed by atoms with E-state index >= 15 is 0 Å². The fourth-order valence-corrected chi connectivity index (χ4v) is 1.99. The molecular weight excluding hydrogens is 186 g/mol. The summed E-state index contributed by atoms with van der Waals surface area (Å²) in [5.74, 6) is -1.24. The largest absolute Gasteiger partial charge is 0.294 e. The molecule has 0 spiro atoms. The molecule has 62 valence electrons. The summed E-state index contributed by atoms with van der Waals surface area (Å²) in [5, 5.41) is -1.78. The molecule has 1 aromatic rings. The molecule has 2 nitrogen and oxygen atoms in total. The van der Waals surface area contributed by atoms with Gasteiger partial charge in [0, 0.05) is 0 Å². The van der Waals surface area contributed by atoms with Gasteiger partial charge in [0.2, 0.25) is 0 Å². The van der Waals surface area contributed by atoms with Crippen LogP contribution in [0.3, 0.4) is 0 Å².